The molecule has 0 saturated carbocycles. The molecule has 0 aliphatic heterocycles. The summed E-state index contributed by atoms with van der Waals surface area (Å²) in [5.74, 6) is -1.48. The maximum absolute atomic E-state index is 10.7. The normalized spacial score (nSPS) is 13.2. The third kappa shape index (κ3) is 9.37. The predicted molar refractivity (Wildman–Crippen MR) is 89.7 cm³/mol. The molecule has 0 fully saturated rings. The van der Waals surface area contributed by atoms with Crippen LogP contribution in [0.1, 0.15) is 63.4 Å². The van der Waals surface area contributed by atoms with Gasteiger partial charge in [0.05, 0.1) is 0 Å². The average Bonchev–Trinajstić information content (AvgIpc) is 2.49. The smallest absolute Gasteiger partial charge is 0.353 e. The zero-order valence-electron chi connectivity index (χ0n) is 13.2. The average molecular weight is 328 g/mol. The van der Waals surface area contributed by atoms with Gasteiger partial charge in [-0.1, -0.05) is 75.3 Å². The Hall–Kier alpha value is -0.670. The molecule has 0 aliphatic carbocycles. The fourth-order valence-corrected chi connectivity index (χ4v) is 3.05. The monoisotopic (exact) mass is 328 g/mol. The highest BCUT2D eigenvalue weighted by Crippen LogP contribution is 2.41. The number of benzene rings is 1. The number of aliphatic hydroxyl groups is 1. The van der Waals surface area contributed by atoms with E-state index in [1.54, 1.807) is 0 Å². The van der Waals surface area contributed by atoms with Crippen LogP contribution in [0.15, 0.2) is 30.3 Å². The van der Waals surface area contributed by atoms with E-state index >= 15 is 0 Å². The number of aliphatic hydroxyl groups excluding tert-OH is 1. The number of hydrogen-bond donors (Lipinski definition) is 3. The quantitative estimate of drug-likeness (QED) is 0.396. The Bertz CT molecular complexity index is 430. The Balaban J connectivity index is 1.87. The zero-order valence-corrected chi connectivity index (χ0v) is 14.1. The van der Waals surface area contributed by atoms with E-state index in [-0.39, 0.29) is 6.42 Å². The lowest BCUT2D eigenvalue weighted by atomic mass is 10.0. The van der Waals surface area contributed by atoms with Crippen LogP contribution in [0.4, 0.5) is 0 Å². The van der Waals surface area contributed by atoms with Gasteiger partial charge in [-0.3, -0.25) is 4.57 Å². The highest BCUT2D eigenvalue weighted by atomic mass is 31.2. The van der Waals surface area contributed by atoms with Crippen molar-refractivity contribution in [2.45, 2.75) is 70.1 Å². The summed E-state index contributed by atoms with van der Waals surface area (Å²) in [5.41, 5.74) is 1.41. The lowest BCUT2D eigenvalue weighted by Gasteiger charge is -2.11. The van der Waals surface area contributed by atoms with Crippen LogP contribution in [0.5, 0.6) is 0 Å². The van der Waals surface area contributed by atoms with Crippen molar-refractivity contribution in [3.05, 3.63) is 35.9 Å². The van der Waals surface area contributed by atoms with Crippen LogP contribution in [0.2, 0.25) is 0 Å². The van der Waals surface area contributed by atoms with Gasteiger partial charge in [-0.05, 0) is 24.8 Å². The Labute approximate surface area is 133 Å². The summed E-state index contributed by atoms with van der Waals surface area (Å²) in [6.07, 6.45) is 10.2. The first-order valence-electron chi connectivity index (χ1n) is 8.27. The zero-order chi connectivity index (χ0) is 16.3. The van der Waals surface area contributed by atoms with Crippen LogP contribution in [0.3, 0.4) is 0 Å². The van der Waals surface area contributed by atoms with Crippen molar-refractivity contribution < 1.29 is 19.5 Å². The van der Waals surface area contributed by atoms with Crippen LogP contribution < -0.4 is 0 Å². The Morgan fingerprint density at radius 2 is 1.32 bits per heavy atom. The molecule has 0 bridgehead atoms. The first-order chi connectivity index (χ1) is 10.5. The van der Waals surface area contributed by atoms with E-state index in [1.807, 2.05) is 6.07 Å². The van der Waals surface area contributed by atoms with Gasteiger partial charge in [0.2, 0.25) is 0 Å². The molecule has 4 nitrogen and oxygen atoms in total. The number of hydrogen-bond acceptors (Lipinski definition) is 2. The molecule has 1 aromatic carbocycles. The summed E-state index contributed by atoms with van der Waals surface area (Å²) < 4.78 is 10.7. The SMILES string of the molecule is O=P(O)(O)C(O)CCCCCCCCCCc1ccccc1. The van der Waals surface area contributed by atoms with Crippen LogP contribution in [0, 0.1) is 0 Å². The highest BCUT2D eigenvalue weighted by Gasteiger charge is 2.24. The molecule has 0 radical (unpaired) electrons. The summed E-state index contributed by atoms with van der Waals surface area (Å²) in [5, 5.41) is 9.22. The number of aryl methyl sites for hydroxylation is 1. The third-order valence-electron chi connectivity index (χ3n) is 3.91. The second-order valence-corrected chi connectivity index (χ2v) is 7.70. The van der Waals surface area contributed by atoms with Gasteiger partial charge in [-0.15, -0.1) is 0 Å². The summed E-state index contributed by atoms with van der Waals surface area (Å²) in [6, 6.07) is 10.6. The van der Waals surface area contributed by atoms with Gasteiger partial charge >= 0.3 is 7.60 Å². The summed E-state index contributed by atoms with van der Waals surface area (Å²) >= 11 is 0. The second kappa shape index (κ2) is 11.0. The van der Waals surface area contributed by atoms with E-state index in [9.17, 15) is 9.67 Å². The molecule has 0 saturated heterocycles. The molecule has 0 spiro atoms. The van der Waals surface area contributed by atoms with Crippen molar-refractivity contribution >= 4 is 7.60 Å². The fraction of sp³-hybridized carbons (Fsp3) is 0.647. The number of unbranched alkanes of at least 4 members (excludes halogenated alkanes) is 7. The topological polar surface area (TPSA) is 77.8 Å². The van der Waals surface area contributed by atoms with Crippen LogP contribution in [0.25, 0.3) is 0 Å². The van der Waals surface area contributed by atoms with Gasteiger partial charge in [0, 0.05) is 0 Å². The molecule has 0 aliphatic rings. The molecular weight excluding hydrogens is 299 g/mol. The summed E-state index contributed by atoms with van der Waals surface area (Å²) in [6.45, 7) is 0. The van der Waals surface area contributed by atoms with Gasteiger partial charge in [0.15, 0.2) is 5.85 Å². The van der Waals surface area contributed by atoms with E-state index in [4.69, 9.17) is 9.79 Å². The van der Waals surface area contributed by atoms with Crippen molar-refractivity contribution in [1.29, 1.82) is 0 Å². The van der Waals surface area contributed by atoms with E-state index in [2.05, 4.69) is 24.3 Å². The summed E-state index contributed by atoms with van der Waals surface area (Å²) in [4.78, 5) is 17.5. The minimum Gasteiger partial charge on any atom is -0.380 e. The molecule has 3 N–H and O–H groups in total. The van der Waals surface area contributed by atoms with Crippen LogP contribution in [-0.2, 0) is 11.0 Å². The minimum absolute atomic E-state index is 0.196. The van der Waals surface area contributed by atoms with E-state index in [1.165, 1.54) is 31.2 Å². The van der Waals surface area contributed by atoms with Crippen LogP contribution in [-0.4, -0.2) is 20.7 Å². The van der Waals surface area contributed by atoms with Gasteiger partial charge in [0.25, 0.3) is 0 Å². The van der Waals surface area contributed by atoms with E-state index < -0.39 is 13.4 Å². The first kappa shape index (κ1) is 19.4. The molecule has 1 unspecified atom stereocenters. The molecule has 1 aromatic rings. The first-order valence-corrected chi connectivity index (χ1v) is 9.95. The Kier molecular flexibility index (Phi) is 9.65. The molecule has 5 heteroatoms. The lowest BCUT2D eigenvalue weighted by Crippen LogP contribution is -2.06. The second-order valence-electron chi connectivity index (χ2n) is 5.92. The van der Waals surface area contributed by atoms with Crippen molar-refractivity contribution in [3.63, 3.8) is 0 Å². The maximum Gasteiger partial charge on any atom is 0.353 e. The summed E-state index contributed by atoms with van der Waals surface area (Å²) in [7, 11) is -4.30. The van der Waals surface area contributed by atoms with Gasteiger partial charge in [-0.2, -0.15) is 0 Å². The highest BCUT2D eigenvalue weighted by molar-refractivity contribution is 7.52. The molecule has 22 heavy (non-hydrogen) atoms. The maximum atomic E-state index is 10.7. The molecule has 1 rings (SSSR count). The lowest BCUT2D eigenvalue weighted by molar-refractivity contribution is 0.190. The van der Waals surface area contributed by atoms with E-state index in [0.29, 0.717) is 6.42 Å². The molecule has 0 amide bonds. The van der Waals surface area contributed by atoms with Crippen molar-refractivity contribution in [3.8, 4) is 0 Å². The molecule has 1 atom stereocenters. The van der Waals surface area contributed by atoms with Crippen molar-refractivity contribution in [1.82, 2.24) is 0 Å². The molecular formula is C17H29O4P. The standard InChI is InChI=1S/C17H29O4P/c18-17(22(19,20)21)15-11-6-4-2-1-3-5-8-12-16-13-9-7-10-14-16/h7,9-10,13-14,17-18H,1-6,8,11-12,15H2,(H2,19,20,21). The van der Waals surface area contributed by atoms with Gasteiger partial charge in [0.1, 0.15) is 0 Å². The van der Waals surface area contributed by atoms with E-state index in [0.717, 1.165) is 25.7 Å². The molecule has 0 heterocycles. The van der Waals surface area contributed by atoms with Crippen molar-refractivity contribution in [2.24, 2.45) is 0 Å². The van der Waals surface area contributed by atoms with Gasteiger partial charge < -0.3 is 14.9 Å². The largest absolute Gasteiger partial charge is 0.380 e. The third-order valence-corrected chi connectivity index (χ3v) is 4.94. The Morgan fingerprint density at radius 3 is 1.86 bits per heavy atom. The van der Waals surface area contributed by atoms with Crippen LogP contribution >= 0.6 is 7.60 Å². The fourth-order valence-electron chi connectivity index (χ4n) is 2.53. The number of rotatable bonds is 12. The molecule has 126 valence electrons. The minimum atomic E-state index is -4.30. The Morgan fingerprint density at radius 1 is 0.818 bits per heavy atom. The van der Waals surface area contributed by atoms with Gasteiger partial charge in [-0.25, -0.2) is 0 Å². The molecule has 0 aromatic heterocycles. The predicted octanol–water partition coefficient (Wildman–Crippen LogP) is 4.24. The van der Waals surface area contributed by atoms with Crippen molar-refractivity contribution in [2.75, 3.05) is 0 Å².